The number of allylic oxidation sites excluding steroid dienone is 1. The molecule has 0 unspecified atom stereocenters. The van der Waals surface area contributed by atoms with Crippen LogP contribution < -0.4 is 11.1 Å². The van der Waals surface area contributed by atoms with E-state index in [4.69, 9.17) is 5.73 Å². The van der Waals surface area contributed by atoms with Crippen molar-refractivity contribution in [2.75, 3.05) is 5.73 Å². The van der Waals surface area contributed by atoms with Gasteiger partial charge in [0.1, 0.15) is 0 Å². The standard InChI is InChI=1S/C12H16N2.C9H12/c1-9(10-6-7-10)14-8-11-4-2-3-5-12(11)13;1-8(2)9-6-4-3-5-7-9/h2-5,10,14H,1,6-8,13H2;3-8H,1-2H3. The molecule has 0 spiro atoms. The minimum Gasteiger partial charge on any atom is -0.398 e. The molecular weight excluding hydrogens is 280 g/mol. The zero-order valence-electron chi connectivity index (χ0n) is 14.3. The normalized spacial score (nSPS) is 13.2. The van der Waals surface area contributed by atoms with E-state index in [9.17, 15) is 0 Å². The largest absolute Gasteiger partial charge is 0.398 e. The van der Waals surface area contributed by atoms with Crippen LogP contribution in [-0.4, -0.2) is 0 Å². The summed E-state index contributed by atoms with van der Waals surface area (Å²) in [5.74, 6) is 1.37. The number of nitrogens with one attached hydrogen (secondary N) is 1. The Bertz CT molecular complexity index is 613. The number of anilines is 1. The van der Waals surface area contributed by atoms with Gasteiger partial charge in [0.25, 0.3) is 0 Å². The molecule has 23 heavy (non-hydrogen) atoms. The number of hydrogen-bond acceptors (Lipinski definition) is 2. The van der Waals surface area contributed by atoms with Crippen molar-refractivity contribution in [1.29, 1.82) is 0 Å². The first kappa shape index (κ1) is 17.1. The van der Waals surface area contributed by atoms with E-state index in [1.165, 1.54) is 18.4 Å². The second kappa shape index (κ2) is 8.42. The zero-order valence-corrected chi connectivity index (χ0v) is 14.3. The van der Waals surface area contributed by atoms with Crippen LogP contribution in [0.1, 0.15) is 43.7 Å². The molecule has 0 aromatic heterocycles. The van der Waals surface area contributed by atoms with Gasteiger partial charge in [-0.2, -0.15) is 0 Å². The van der Waals surface area contributed by atoms with E-state index in [1.807, 2.05) is 30.3 Å². The summed E-state index contributed by atoms with van der Waals surface area (Å²) < 4.78 is 0. The van der Waals surface area contributed by atoms with Gasteiger partial charge in [-0.05, 0) is 41.9 Å². The summed E-state index contributed by atoms with van der Waals surface area (Å²) in [6.45, 7) is 9.21. The van der Waals surface area contributed by atoms with Crippen LogP contribution >= 0.6 is 0 Å². The van der Waals surface area contributed by atoms with Gasteiger partial charge in [0.05, 0.1) is 0 Å². The van der Waals surface area contributed by atoms with Crippen molar-refractivity contribution in [2.45, 2.75) is 39.2 Å². The van der Waals surface area contributed by atoms with Crippen molar-refractivity contribution in [3.8, 4) is 0 Å². The Kier molecular flexibility index (Phi) is 6.28. The maximum absolute atomic E-state index is 5.83. The van der Waals surface area contributed by atoms with Gasteiger partial charge < -0.3 is 11.1 Å². The number of rotatable bonds is 5. The second-order valence-electron chi connectivity index (χ2n) is 6.42. The van der Waals surface area contributed by atoms with E-state index in [-0.39, 0.29) is 0 Å². The molecule has 0 bridgehead atoms. The third kappa shape index (κ3) is 5.82. The predicted molar refractivity (Wildman–Crippen MR) is 100 cm³/mol. The molecule has 1 aliphatic rings. The Hall–Kier alpha value is -2.22. The van der Waals surface area contributed by atoms with E-state index in [1.54, 1.807) is 0 Å². The van der Waals surface area contributed by atoms with E-state index in [2.05, 4.69) is 50.0 Å². The van der Waals surface area contributed by atoms with Crippen molar-refractivity contribution in [3.05, 3.63) is 78.0 Å². The summed E-state index contributed by atoms with van der Waals surface area (Å²) in [4.78, 5) is 0. The van der Waals surface area contributed by atoms with Gasteiger partial charge in [-0.3, -0.25) is 0 Å². The molecule has 2 aromatic carbocycles. The number of nitrogens with two attached hydrogens (primary N) is 1. The lowest BCUT2D eigenvalue weighted by atomic mass is 10.0. The number of benzene rings is 2. The maximum atomic E-state index is 5.83. The van der Waals surface area contributed by atoms with Crippen LogP contribution in [0.2, 0.25) is 0 Å². The highest BCUT2D eigenvalue weighted by Gasteiger charge is 2.24. The molecule has 1 saturated carbocycles. The molecule has 122 valence electrons. The topological polar surface area (TPSA) is 38.0 Å². The first-order chi connectivity index (χ1) is 11.1. The molecule has 1 fully saturated rings. The Morgan fingerprint density at radius 1 is 1.09 bits per heavy atom. The summed E-state index contributed by atoms with van der Waals surface area (Å²) in [7, 11) is 0. The quantitative estimate of drug-likeness (QED) is 0.755. The highest BCUT2D eigenvalue weighted by atomic mass is 14.9. The Morgan fingerprint density at radius 3 is 2.22 bits per heavy atom. The summed E-state index contributed by atoms with van der Waals surface area (Å²) in [6, 6.07) is 18.5. The lowest BCUT2D eigenvalue weighted by Gasteiger charge is -2.09. The highest BCUT2D eigenvalue weighted by Crippen LogP contribution is 2.34. The lowest BCUT2D eigenvalue weighted by Crippen LogP contribution is -2.14. The molecule has 0 aliphatic heterocycles. The minimum atomic E-state index is 0.659. The van der Waals surface area contributed by atoms with Crippen molar-refractivity contribution < 1.29 is 0 Å². The minimum absolute atomic E-state index is 0.659. The van der Waals surface area contributed by atoms with Crippen LogP contribution in [0.3, 0.4) is 0 Å². The SMILES string of the molecule is C=C(NCc1ccccc1N)C1CC1.CC(C)c1ccccc1. The maximum Gasteiger partial charge on any atom is 0.0418 e. The third-order valence-electron chi connectivity index (χ3n) is 4.10. The van der Waals surface area contributed by atoms with Gasteiger partial charge >= 0.3 is 0 Å². The molecule has 3 rings (SSSR count). The van der Waals surface area contributed by atoms with Crippen LogP contribution in [0.25, 0.3) is 0 Å². The van der Waals surface area contributed by atoms with Crippen LogP contribution in [0.4, 0.5) is 5.69 Å². The fraction of sp³-hybridized carbons (Fsp3) is 0.333. The van der Waals surface area contributed by atoms with E-state index in [0.29, 0.717) is 11.8 Å². The van der Waals surface area contributed by atoms with Gasteiger partial charge in [-0.25, -0.2) is 0 Å². The van der Waals surface area contributed by atoms with Crippen molar-refractivity contribution in [1.82, 2.24) is 5.32 Å². The van der Waals surface area contributed by atoms with Gasteiger partial charge in [0, 0.05) is 17.9 Å². The fourth-order valence-electron chi connectivity index (χ4n) is 2.32. The Labute approximate surface area is 140 Å². The zero-order chi connectivity index (χ0) is 16.7. The van der Waals surface area contributed by atoms with Crippen LogP contribution in [0.5, 0.6) is 0 Å². The Morgan fingerprint density at radius 2 is 1.70 bits per heavy atom. The predicted octanol–water partition coefficient (Wildman–Crippen LogP) is 5.09. The van der Waals surface area contributed by atoms with Crippen LogP contribution in [-0.2, 0) is 6.54 Å². The summed E-state index contributed by atoms with van der Waals surface area (Å²) >= 11 is 0. The van der Waals surface area contributed by atoms with E-state index < -0.39 is 0 Å². The highest BCUT2D eigenvalue weighted by molar-refractivity contribution is 5.46. The average Bonchev–Trinajstić information content (AvgIpc) is 3.40. The second-order valence-corrected chi connectivity index (χ2v) is 6.42. The first-order valence-electron chi connectivity index (χ1n) is 8.39. The van der Waals surface area contributed by atoms with Crippen molar-refractivity contribution in [2.24, 2.45) is 5.92 Å². The van der Waals surface area contributed by atoms with Gasteiger partial charge in [0.2, 0.25) is 0 Å². The molecule has 2 nitrogen and oxygen atoms in total. The van der Waals surface area contributed by atoms with Crippen molar-refractivity contribution >= 4 is 5.69 Å². The smallest absolute Gasteiger partial charge is 0.0418 e. The average molecular weight is 308 g/mol. The molecule has 0 radical (unpaired) electrons. The third-order valence-corrected chi connectivity index (χ3v) is 4.10. The molecule has 0 heterocycles. The molecule has 1 aliphatic carbocycles. The lowest BCUT2D eigenvalue weighted by molar-refractivity contribution is 0.748. The monoisotopic (exact) mass is 308 g/mol. The Balaban J connectivity index is 0.000000185. The summed E-state index contributed by atoms with van der Waals surface area (Å²) in [6.07, 6.45) is 2.58. The van der Waals surface area contributed by atoms with Crippen molar-refractivity contribution in [3.63, 3.8) is 0 Å². The number of nitrogen functional groups attached to an aromatic ring is 1. The molecular formula is C21H28N2. The summed E-state index contributed by atoms with van der Waals surface area (Å²) in [5.41, 5.74) is 10.4. The molecule has 0 amide bonds. The van der Waals surface area contributed by atoms with Crippen LogP contribution in [0.15, 0.2) is 66.9 Å². The summed E-state index contributed by atoms with van der Waals surface area (Å²) in [5, 5.41) is 3.33. The van der Waals surface area contributed by atoms with E-state index >= 15 is 0 Å². The first-order valence-corrected chi connectivity index (χ1v) is 8.39. The fourth-order valence-corrected chi connectivity index (χ4v) is 2.32. The van der Waals surface area contributed by atoms with Gasteiger partial charge in [-0.1, -0.05) is 69.0 Å². The molecule has 0 saturated heterocycles. The van der Waals surface area contributed by atoms with Crippen LogP contribution in [0, 0.1) is 5.92 Å². The molecule has 2 heteroatoms. The number of para-hydroxylation sites is 1. The van der Waals surface area contributed by atoms with E-state index in [0.717, 1.165) is 23.5 Å². The molecule has 2 aromatic rings. The van der Waals surface area contributed by atoms with Gasteiger partial charge in [-0.15, -0.1) is 0 Å². The van der Waals surface area contributed by atoms with Gasteiger partial charge in [0.15, 0.2) is 0 Å². The molecule has 3 N–H and O–H groups in total. The number of hydrogen-bond donors (Lipinski definition) is 2. The molecule has 0 atom stereocenters.